The largest absolute Gasteiger partial charge is 0.356 e. The highest BCUT2D eigenvalue weighted by Crippen LogP contribution is 2.31. The van der Waals surface area contributed by atoms with Gasteiger partial charge < -0.3 is 10.6 Å². The second-order valence-corrected chi connectivity index (χ2v) is 7.06. The number of hydrogen-bond acceptors (Lipinski definition) is 8. The van der Waals surface area contributed by atoms with E-state index in [0.717, 1.165) is 58.3 Å². The molecular weight excluding hydrogens is 340 g/mol. The van der Waals surface area contributed by atoms with Crippen molar-refractivity contribution < 1.29 is 0 Å². The molecule has 4 rings (SSSR count). The molecule has 1 aliphatic rings. The second-order valence-electron chi connectivity index (χ2n) is 5.35. The molecule has 3 aromatic rings. The third-order valence-corrected chi connectivity index (χ3v) is 5.26. The molecule has 0 bridgehead atoms. The number of nitrogens with zero attached hydrogens (tertiary/aromatic N) is 4. The van der Waals surface area contributed by atoms with Gasteiger partial charge in [-0.1, -0.05) is 0 Å². The average Bonchev–Trinajstić information content (AvgIpc) is 3.25. The molecule has 0 fully saturated rings. The number of aromatic nitrogens is 3. The summed E-state index contributed by atoms with van der Waals surface area (Å²) < 4.78 is 0. The monoisotopic (exact) mass is 356 g/mol. The van der Waals surface area contributed by atoms with Crippen LogP contribution in [0.1, 0.15) is 12.1 Å². The van der Waals surface area contributed by atoms with Gasteiger partial charge in [-0.25, -0.2) is 9.97 Å². The molecule has 0 radical (unpaired) electrons. The van der Waals surface area contributed by atoms with Crippen LogP contribution in [0.15, 0.2) is 34.1 Å². The van der Waals surface area contributed by atoms with Crippen molar-refractivity contribution in [3.63, 3.8) is 0 Å². The van der Waals surface area contributed by atoms with E-state index in [1.807, 2.05) is 29.8 Å². The van der Waals surface area contributed by atoms with Gasteiger partial charge in [-0.2, -0.15) is 0 Å². The van der Waals surface area contributed by atoms with Crippen molar-refractivity contribution in [1.29, 1.82) is 0 Å². The first-order valence-electron chi connectivity index (χ1n) is 7.68. The van der Waals surface area contributed by atoms with Crippen molar-refractivity contribution in [2.24, 2.45) is 4.99 Å². The van der Waals surface area contributed by atoms with Gasteiger partial charge in [-0.15, -0.1) is 22.7 Å². The number of guanidine groups is 1. The van der Waals surface area contributed by atoms with Crippen LogP contribution in [0.2, 0.25) is 0 Å². The number of nitrogens with one attached hydrogen (secondary N) is 2. The fraction of sp³-hybridized carbons (Fsp3) is 0.250. The summed E-state index contributed by atoms with van der Waals surface area (Å²) in [6.07, 6.45) is 2.87. The van der Waals surface area contributed by atoms with Gasteiger partial charge in [-0.3, -0.25) is 9.98 Å². The van der Waals surface area contributed by atoms with Crippen molar-refractivity contribution in [3.05, 3.63) is 34.8 Å². The van der Waals surface area contributed by atoms with Crippen molar-refractivity contribution in [3.8, 4) is 22.0 Å². The van der Waals surface area contributed by atoms with Crippen LogP contribution in [0.3, 0.4) is 0 Å². The lowest BCUT2D eigenvalue weighted by Crippen LogP contribution is -2.35. The van der Waals surface area contributed by atoms with Crippen LogP contribution in [0, 0.1) is 6.92 Å². The van der Waals surface area contributed by atoms with Crippen LogP contribution in [0.25, 0.3) is 22.0 Å². The van der Waals surface area contributed by atoms with Crippen molar-refractivity contribution >= 4 is 33.8 Å². The van der Waals surface area contributed by atoms with E-state index in [-0.39, 0.29) is 0 Å². The quantitative estimate of drug-likeness (QED) is 0.752. The number of aryl methyl sites for hydroxylation is 1. The predicted molar refractivity (Wildman–Crippen MR) is 99.7 cm³/mol. The molecule has 8 heteroatoms. The predicted octanol–water partition coefficient (Wildman–Crippen LogP) is 3.40. The smallest absolute Gasteiger partial charge is 0.197 e. The Bertz CT molecular complexity index is 882. The van der Waals surface area contributed by atoms with Gasteiger partial charge in [0.05, 0.1) is 0 Å². The van der Waals surface area contributed by atoms with Gasteiger partial charge in [0.15, 0.2) is 11.1 Å². The van der Waals surface area contributed by atoms with Crippen LogP contribution in [-0.2, 0) is 0 Å². The molecule has 24 heavy (non-hydrogen) atoms. The van der Waals surface area contributed by atoms with E-state index in [4.69, 9.17) is 4.98 Å². The highest BCUT2D eigenvalue weighted by atomic mass is 32.1. The Hall–Kier alpha value is -2.32. The third-order valence-electron chi connectivity index (χ3n) is 3.63. The first-order chi connectivity index (χ1) is 11.8. The Kier molecular flexibility index (Phi) is 4.22. The van der Waals surface area contributed by atoms with Crippen LogP contribution in [0.4, 0.5) is 5.13 Å². The van der Waals surface area contributed by atoms with E-state index in [0.29, 0.717) is 0 Å². The van der Waals surface area contributed by atoms with Crippen LogP contribution >= 0.6 is 22.7 Å². The zero-order valence-corrected chi connectivity index (χ0v) is 14.7. The summed E-state index contributed by atoms with van der Waals surface area (Å²) in [5.74, 6) is 0.798. The van der Waals surface area contributed by atoms with Crippen LogP contribution in [-0.4, -0.2) is 34.0 Å². The van der Waals surface area contributed by atoms with Gasteiger partial charge >= 0.3 is 0 Å². The number of hydrogen-bond donors (Lipinski definition) is 2. The molecule has 0 saturated carbocycles. The zero-order valence-electron chi connectivity index (χ0n) is 13.1. The van der Waals surface area contributed by atoms with Crippen LogP contribution in [0.5, 0.6) is 0 Å². The summed E-state index contributed by atoms with van der Waals surface area (Å²) in [5.41, 5.74) is 3.83. The van der Waals surface area contributed by atoms with E-state index in [9.17, 15) is 0 Å². The lowest BCUT2D eigenvalue weighted by molar-refractivity contribution is 0.740. The highest BCUT2D eigenvalue weighted by Gasteiger charge is 2.13. The summed E-state index contributed by atoms with van der Waals surface area (Å²) in [5, 5.41) is 12.3. The Morgan fingerprint density at radius 3 is 2.88 bits per heavy atom. The fourth-order valence-electron chi connectivity index (χ4n) is 2.39. The topological polar surface area (TPSA) is 75.1 Å². The summed E-state index contributed by atoms with van der Waals surface area (Å²) in [7, 11) is 0. The highest BCUT2D eigenvalue weighted by molar-refractivity contribution is 7.14. The SMILES string of the molecule is Cc1ncccc1-c1nc(-c2csc(NC3=NCCCN3)n2)cs1. The van der Waals surface area contributed by atoms with E-state index in [1.54, 1.807) is 28.9 Å². The number of anilines is 1. The fourth-order valence-corrected chi connectivity index (χ4v) is 3.99. The summed E-state index contributed by atoms with van der Waals surface area (Å²) in [6, 6.07) is 3.98. The number of aliphatic imine (C=N–C) groups is 1. The van der Waals surface area contributed by atoms with Gasteiger partial charge in [0.1, 0.15) is 16.4 Å². The summed E-state index contributed by atoms with van der Waals surface area (Å²) >= 11 is 3.17. The minimum Gasteiger partial charge on any atom is -0.356 e. The minimum atomic E-state index is 0.798. The Morgan fingerprint density at radius 1 is 1.17 bits per heavy atom. The lowest BCUT2D eigenvalue weighted by Gasteiger charge is -2.13. The zero-order chi connectivity index (χ0) is 16.4. The molecular formula is C16H16N6S2. The van der Waals surface area contributed by atoms with E-state index in [2.05, 4.69) is 25.6 Å². The maximum absolute atomic E-state index is 4.72. The maximum Gasteiger partial charge on any atom is 0.197 e. The van der Waals surface area contributed by atoms with Gasteiger partial charge in [0, 0.05) is 41.3 Å². The molecule has 3 aromatic heterocycles. The van der Waals surface area contributed by atoms with Crippen LogP contribution < -0.4 is 10.6 Å². The molecule has 1 aliphatic heterocycles. The molecule has 0 aromatic carbocycles. The number of rotatable bonds is 3. The van der Waals surface area contributed by atoms with E-state index in [1.165, 1.54) is 0 Å². The first-order valence-corrected chi connectivity index (χ1v) is 9.44. The Balaban J connectivity index is 1.55. The molecule has 0 aliphatic carbocycles. The molecule has 6 nitrogen and oxygen atoms in total. The minimum absolute atomic E-state index is 0.798. The average molecular weight is 356 g/mol. The number of pyridine rings is 1. The summed E-state index contributed by atoms with van der Waals surface area (Å²) in [4.78, 5) is 18.1. The van der Waals surface area contributed by atoms with Crippen molar-refractivity contribution in [2.45, 2.75) is 13.3 Å². The lowest BCUT2D eigenvalue weighted by atomic mass is 10.2. The Morgan fingerprint density at radius 2 is 2.04 bits per heavy atom. The molecule has 0 amide bonds. The van der Waals surface area contributed by atoms with E-state index >= 15 is 0 Å². The third kappa shape index (κ3) is 3.15. The molecule has 0 saturated heterocycles. The van der Waals surface area contributed by atoms with Crippen molar-refractivity contribution in [2.75, 3.05) is 18.4 Å². The first kappa shape index (κ1) is 15.2. The van der Waals surface area contributed by atoms with Crippen molar-refractivity contribution in [1.82, 2.24) is 20.3 Å². The maximum atomic E-state index is 4.72. The van der Waals surface area contributed by atoms with Gasteiger partial charge in [0.2, 0.25) is 0 Å². The molecule has 0 spiro atoms. The van der Waals surface area contributed by atoms with E-state index < -0.39 is 0 Å². The van der Waals surface area contributed by atoms with Gasteiger partial charge in [0.25, 0.3) is 0 Å². The Labute approximate surface area is 147 Å². The molecule has 0 unspecified atom stereocenters. The normalized spacial score (nSPS) is 14.1. The van der Waals surface area contributed by atoms with Gasteiger partial charge in [-0.05, 0) is 25.5 Å². The second kappa shape index (κ2) is 6.66. The molecule has 0 atom stereocenters. The molecule has 2 N–H and O–H groups in total. The standard InChI is InChI=1S/C16H16N6S2/c1-10-11(4-2-5-17-10)14-20-12(8-23-14)13-9-24-16(21-13)22-15-18-6-3-7-19-15/h2,4-5,8-9H,3,6-7H2,1H3,(H2,18,19,21,22). The molecule has 122 valence electrons. The summed E-state index contributed by atoms with van der Waals surface area (Å²) in [6.45, 7) is 3.80. The number of thiazole rings is 2. The molecule has 4 heterocycles.